The number of pyridine rings is 1. The van der Waals surface area contributed by atoms with E-state index >= 15 is 0 Å². The van der Waals surface area contributed by atoms with Crippen molar-refractivity contribution in [3.05, 3.63) is 52.4 Å². The van der Waals surface area contributed by atoms with Gasteiger partial charge in [-0.05, 0) is 40.2 Å². The number of hydrogen-bond acceptors (Lipinski definition) is 3. The van der Waals surface area contributed by atoms with Crippen molar-refractivity contribution in [3.63, 3.8) is 0 Å². The van der Waals surface area contributed by atoms with Gasteiger partial charge in [0.1, 0.15) is 17.4 Å². The quantitative estimate of drug-likeness (QED) is 0.942. The number of carbonyl (C=O) groups excluding carboxylic acids is 1. The molecule has 0 saturated carbocycles. The first kappa shape index (κ1) is 13.5. The Balaban J connectivity index is 2.20. The number of aromatic nitrogens is 1. The number of ether oxygens (including phenoxy) is 1. The molecule has 0 unspecified atom stereocenters. The van der Waals surface area contributed by atoms with Crippen molar-refractivity contribution in [2.45, 2.75) is 0 Å². The predicted octanol–water partition coefficient (Wildman–Crippen LogP) is 3.24. The summed E-state index contributed by atoms with van der Waals surface area (Å²) >= 11 is 3.13. The second-order valence-corrected chi connectivity index (χ2v) is 4.52. The Hall–Kier alpha value is -1.95. The molecule has 0 spiro atoms. The van der Waals surface area contributed by atoms with E-state index in [0.717, 1.165) is 6.20 Å². The van der Waals surface area contributed by atoms with E-state index in [4.69, 9.17) is 4.74 Å². The van der Waals surface area contributed by atoms with E-state index < -0.39 is 5.82 Å². The standard InChI is InChI=1S/C13H10BrFN2O2/c1-19-10-4-2-3-8(5-10)13(18)17-12-11(14)6-9(15)7-16-12/h2-7H,1H3,(H,16,17,18). The van der Waals surface area contributed by atoms with E-state index in [0.29, 0.717) is 15.8 Å². The van der Waals surface area contributed by atoms with Gasteiger partial charge in [0.2, 0.25) is 0 Å². The highest BCUT2D eigenvalue weighted by Crippen LogP contribution is 2.21. The van der Waals surface area contributed by atoms with E-state index in [2.05, 4.69) is 26.2 Å². The van der Waals surface area contributed by atoms with E-state index in [1.165, 1.54) is 13.2 Å². The molecule has 0 bridgehead atoms. The maximum Gasteiger partial charge on any atom is 0.256 e. The van der Waals surface area contributed by atoms with Crippen LogP contribution < -0.4 is 10.1 Å². The fourth-order valence-electron chi connectivity index (χ4n) is 1.45. The summed E-state index contributed by atoms with van der Waals surface area (Å²) in [4.78, 5) is 15.8. The highest BCUT2D eigenvalue weighted by molar-refractivity contribution is 9.10. The highest BCUT2D eigenvalue weighted by atomic mass is 79.9. The van der Waals surface area contributed by atoms with Gasteiger partial charge in [0.25, 0.3) is 5.91 Å². The topological polar surface area (TPSA) is 51.2 Å². The van der Waals surface area contributed by atoms with Crippen LogP contribution in [-0.2, 0) is 0 Å². The summed E-state index contributed by atoms with van der Waals surface area (Å²) in [7, 11) is 1.52. The number of nitrogens with one attached hydrogen (secondary N) is 1. The zero-order valence-corrected chi connectivity index (χ0v) is 11.6. The molecule has 0 atom stereocenters. The van der Waals surface area contributed by atoms with Crippen molar-refractivity contribution in [2.75, 3.05) is 12.4 Å². The lowest BCUT2D eigenvalue weighted by Crippen LogP contribution is -2.13. The van der Waals surface area contributed by atoms with Crippen LogP contribution >= 0.6 is 15.9 Å². The number of hydrogen-bond donors (Lipinski definition) is 1. The van der Waals surface area contributed by atoms with Crippen LogP contribution in [0.2, 0.25) is 0 Å². The number of rotatable bonds is 3. The summed E-state index contributed by atoms with van der Waals surface area (Å²) in [5.74, 6) is 0.0120. The number of nitrogens with zero attached hydrogens (tertiary/aromatic N) is 1. The predicted molar refractivity (Wildman–Crippen MR) is 72.8 cm³/mol. The third kappa shape index (κ3) is 3.29. The average molecular weight is 325 g/mol. The maximum atomic E-state index is 12.9. The van der Waals surface area contributed by atoms with Crippen molar-refractivity contribution < 1.29 is 13.9 Å². The molecule has 1 amide bonds. The summed E-state index contributed by atoms with van der Waals surface area (Å²) in [5.41, 5.74) is 0.428. The normalized spacial score (nSPS) is 10.1. The molecule has 0 aliphatic carbocycles. The second-order valence-electron chi connectivity index (χ2n) is 3.67. The average Bonchev–Trinajstić information content (AvgIpc) is 2.42. The Kier molecular flexibility index (Phi) is 4.11. The van der Waals surface area contributed by atoms with Crippen LogP contribution in [0.3, 0.4) is 0 Å². The minimum Gasteiger partial charge on any atom is -0.497 e. The molecule has 98 valence electrons. The number of benzene rings is 1. The van der Waals surface area contributed by atoms with Gasteiger partial charge in [0.15, 0.2) is 0 Å². The molecule has 0 aliphatic rings. The lowest BCUT2D eigenvalue weighted by Gasteiger charge is -2.07. The molecule has 0 radical (unpaired) electrons. The van der Waals surface area contributed by atoms with Crippen molar-refractivity contribution in [1.29, 1.82) is 0 Å². The molecule has 4 nitrogen and oxygen atoms in total. The monoisotopic (exact) mass is 324 g/mol. The Bertz CT molecular complexity index is 619. The molecule has 2 rings (SSSR count). The van der Waals surface area contributed by atoms with Gasteiger partial charge < -0.3 is 10.1 Å². The van der Waals surface area contributed by atoms with Gasteiger partial charge in [-0.2, -0.15) is 0 Å². The first-order valence-electron chi connectivity index (χ1n) is 5.36. The minimum absolute atomic E-state index is 0.259. The van der Waals surface area contributed by atoms with Crippen molar-refractivity contribution in [2.24, 2.45) is 0 Å². The Morgan fingerprint density at radius 2 is 2.21 bits per heavy atom. The molecular formula is C13H10BrFN2O2. The summed E-state index contributed by atoms with van der Waals surface area (Å²) in [6, 6.07) is 7.93. The van der Waals surface area contributed by atoms with E-state index in [9.17, 15) is 9.18 Å². The first-order valence-corrected chi connectivity index (χ1v) is 6.16. The molecular weight excluding hydrogens is 315 g/mol. The van der Waals surface area contributed by atoms with Crippen LogP contribution in [0.5, 0.6) is 5.75 Å². The zero-order chi connectivity index (χ0) is 13.8. The highest BCUT2D eigenvalue weighted by Gasteiger charge is 2.10. The van der Waals surface area contributed by atoms with Crippen LogP contribution in [0.25, 0.3) is 0 Å². The van der Waals surface area contributed by atoms with Gasteiger partial charge in [0.05, 0.1) is 17.8 Å². The SMILES string of the molecule is COc1cccc(C(=O)Nc2ncc(F)cc2Br)c1. The number of halogens is 2. The Morgan fingerprint density at radius 3 is 2.89 bits per heavy atom. The third-order valence-corrected chi connectivity index (χ3v) is 2.98. The molecule has 1 heterocycles. The van der Waals surface area contributed by atoms with Crippen molar-refractivity contribution >= 4 is 27.7 Å². The minimum atomic E-state index is -0.480. The number of amides is 1. The smallest absolute Gasteiger partial charge is 0.256 e. The van der Waals surface area contributed by atoms with Crippen molar-refractivity contribution in [3.8, 4) is 5.75 Å². The van der Waals surface area contributed by atoms with Crippen LogP contribution in [-0.4, -0.2) is 18.0 Å². The molecule has 1 aromatic heterocycles. The second kappa shape index (κ2) is 5.79. The summed E-state index contributed by atoms with van der Waals surface area (Å²) in [6.07, 6.45) is 1.03. The molecule has 6 heteroatoms. The molecule has 1 N–H and O–H groups in total. The number of carbonyl (C=O) groups is 1. The molecule has 0 fully saturated rings. The Morgan fingerprint density at radius 1 is 1.42 bits per heavy atom. The van der Waals surface area contributed by atoms with E-state index in [1.54, 1.807) is 24.3 Å². The third-order valence-electron chi connectivity index (χ3n) is 2.37. The summed E-state index contributed by atoms with van der Waals surface area (Å²) in [6.45, 7) is 0. The van der Waals surface area contributed by atoms with Crippen LogP contribution in [0.4, 0.5) is 10.2 Å². The van der Waals surface area contributed by atoms with Gasteiger partial charge in [-0.3, -0.25) is 4.79 Å². The summed E-state index contributed by atoms with van der Waals surface area (Å²) in [5, 5.41) is 2.59. The first-order chi connectivity index (χ1) is 9.10. The lowest BCUT2D eigenvalue weighted by molar-refractivity contribution is 0.102. The molecule has 19 heavy (non-hydrogen) atoms. The molecule has 0 saturated heterocycles. The van der Waals surface area contributed by atoms with Gasteiger partial charge in [0, 0.05) is 5.56 Å². The zero-order valence-electron chi connectivity index (χ0n) is 9.98. The number of methoxy groups -OCH3 is 1. The van der Waals surface area contributed by atoms with Crippen LogP contribution in [0.1, 0.15) is 10.4 Å². The Labute approximate surface area is 117 Å². The van der Waals surface area contributed by atoms with Gasteiger partial charge in [-0.25, -0.2) is 9.37 Å². The van der Waals surface area contributed by atoms with E-state index in [-0.39, 0.29) is 11.7 Å². The van der Waals surface area contributed by atoms with Crippen LogP contribution in [0, 0.1) is 5.82 Å². The van der Waals surface area contributed by atoms with E-state index in [1.807, 2.05) is 0 Å². The number of anilines is 1. The fraction of sp³-hybridized carbons (Fsp3) is 0.0769. The molecule has 1 aromatic carbocycles. The van der Waals surface area contributed by atoms with Crippen LogP contribution in [0.15, 0.2) is 41.0 Å². The molecule has 2 aromatic rings. The van der Waals surface area contributed by atoms with Gasteiger partial charge in [-0.15, -0.1) is 0 Å². The summed E-state index contributed by atoms with van der Waals surface area (Å²) < 4.78 is 18.3. The molecule has 0 aliphatic heterocycles. The fourth-order valence-corrected chi connectivity index (χ4v) is 1.87. The largest absolute Gasteiger partial charge is 0.497 e. The maximum absolute atomic E-state index is 12.9. The van der Waals surface area contributed by atoms with Crippen molar-refractivity contribution in [1.82, 2.24) is 4.98 Å². The van der Waals surface area contributed by atoms with Gasteiger partial charge >= 0.3 is 0 Å². The van der Waals surface area contributed by atoms with Gasteiger partial charge in [-0.1, -0.05) is 6.07 Å². The lowest BCUT2D eigenvalue weighted by atomic mass is 10.2.